The average Bonchev–Trinajstić information content (AvgIpc) is 2.90. The molecule has 4 N–H and O–H groups in total. The van der Waals surface area contributed by atoms with Crippen molar-refractivity contribution in [3.63, 3.8) is 0 Å². The molecule has 19 heavy (non-hydrogen) atoms. The third-order valence-corrected chi connectivity index (χ3v) is 3.10. The molecule has 2 heterocycles. The van der Waals surface area contributed by atoms with E-state index in [2.05, 4.69) is 20.6 Å². The quantitative estimate of drug-likeness (QED) is 0.605. The number of nitrogens with one attached hydrogen (secondary N) is 3. The second-order valence-corrected chi connectivity index (χ2v) is 4.38. The fourth-order valence-electron chi connectivity index (χ4n) is 1.93. The van der Waals surface area contributed by atoms with Crippen LogP contribution in [0.3, 0.4) is 0 Å². The summed E-state index contributed by atoms with van der Waals surface area (Å²) >= 11 is 0. The van der Waals surface area contributed by atoms with Gasteiger partial charge in [0.2, 0.25) is 0 Å². The highest BCUT2D eigenvalue weighted by Gasteiger charge is 2.41. The van der Waals surface area contributed by atoms with Crippen LogP contribution in [0.5, 0.6) is 0 Å². The van der Waals surface area contributed by atoms with Gasteiger partial charge in [0.05, 0.1) is 18.6 Å². The van der Waals surface area contributed by atoms with Gasteiger partial charge in [-0.25, -0.2) is 14.6 Å². The maximum absolute atomic E-state index is 11.8. The third-order valence-electron chi connectivity index (χ3n) is 3.10. The molecule has 1 saturated heterocycles. The first-order valence-electron chi connectivity index (χ1n) is 5.97. The van der Waals surface area contributed by atoms with Gasteiger partial charge in [-0.05, 0) is 0 Å². The fraction of sp³-hybridized carbons (Fsp3) is 0.545. The van der Waals surface area contributed by atoms with Crippen molar-refractivity contribution < 1.29 is 19.4 Å². The maximum Gasteiger partial charge on any atom is 0.329 e. The zero-order chi connectivity index (χ0) is 13.7. The molecule has 1 aromatic heterocycles. The van der Waals surface area contributed by atoms with Crippen molar-refractivity contribution in [2.75, 3.05) is 13.2 Å². The largest absolute Gasteiger partial charge is 0.480 e. The molecule has 104 valence electrons. The summed E-state index contributed by atoms with van der Waals surface area (Å²) in [6.45, 7) is 0.915. The number of H-pyrrole nitrogens is 1. The van der Waals surface area contributed by atoms with Crippen LogP contribution in [0, 0.1) is 0 Å². The monoisotopic (exact) mass is 268 g/mol. The van der Waals surface area contributed by atoms with Crippen molar-refractivity contribution in [1.82, 2.24) is 20.6 Å². The molecule has 0 radical (unpaired) electrons. The van der Waals surface area contributed by atoms with Crippen molar-refractivity contribution in [2.24, 2.45) is 0 Å². The van der Waals surface area contributed by atoms with Crippen molar-refractivity contribution >= 4 is 12.0 Å². The van der Waals surface area contributed by atoms with Gasteiger partial charge in [-0.2, -0.15) is 0 Å². The lowest BCUT2D eigenvalue weighted by atomic mass is 9.90. The molecule has 2 rings (SSSR count). The standard InChI is InChI=1S/C11H16N4O4/c16-9(17)11(1-3-19-4-2-11)15-10(18)13-6-8-5-12-7-14-8/h5,7H,1-4,6H2,(H,12,14)(H,16,17)(H2,13,15,18). The van der Waals surface area contributed by atoms with Gasteiger partial charge in [0.1, 0.15) is 5.54 Å². The van der Waals surface area contributed by atoms with Gasteiger partial charge in [-0.1, -0.05) is 0 Å². The second kappa shape index (κ2) is 5.70. The fourth-order valence-corrected chi connectivity index (χ4v) is 1.93. The molecule has 1 fully saturated rings. The lowest BCUT2D eigenvalue weighted by molar-refractivity contribution is -0.148. The summed E-state index contributed by atoms with van der Waals surface area (Å²) < 4.78 is 5.13. The highest BCUT2D eigenvalue weighted by molar-refractivity contribution is 5.86. The number of carbonyl (C=O) groups excluding carboxylic acids is 1. The Morgan fingerprint density at radius 1 is 1.47 bits per heavy atom. The van der Waals surface area contributed by atoms with Crippen LogP contribution in [-0.4, -0.2) is 45.8 Å². The van der Waals surface area contributed by atoms with Crippen molar-refractivity contribution in [1.29, 1.82) is 0 Å². The number of rotatable bonds is 4. The van der Waals surface area contributed by atoms with E-state index in [4.69, 9.17) is 4.74 Å². The summed E-state index contributed by atoms with van der Waals surface area (Å²) in [5, 5.41) is 14.4. The summed E-state index contributed by atoms with van der Waals surface area (Å²) in [5.74, 6) is -1.03. The summed E-state index contributed by atoms with van der Waals surface area (Å²) in [6.07, 6.45) is 3.62. The van der Waals surface area contributed by atoms with E-state index >= 15 is 0 Å². The SMILES string of the molecule is O=C(NCc1cnc[nH]1)NC1(C(=O)O)CCOCC1. The number of ether oxygens (including phenoxy) is 1. The molecule has 0 aliphatic carbocycles. The first kappa shape index (κ1) is 13.3. The molecule has 1 aromatic rings. The van der Waals surface area contributed by atoms with Crippen LogP contribution in [0.2, 0.25) is 0 Å². The molecule has 0 atom stereocenters. The number of amides is 2. The third kappa shape index (κ3) is 3.22. The van der Waals surface area contributed by atoms with E-state index < -0.39 is 17.5 Å². The molecule has 0 bridgehead atoms. The number of aromatic amines is 1. The number of aliphatic carboxylic acids is 1. The van der Waals surface area contributed by atoms with Crippen LogP contribution in [0.15, 0.2) is 12.5 Å². The van der Waals surface area contributed by atoms with Crippen LogP contribution in [0.4, 0.5) is 4.79 Å². The molecule has 8 heteroatoms. The minimum Gasteiger partial charge on any atom is -0.480 e. The summed E-state index contributed by atoms with van der Waals surface area (Å²) in [7, 11) is 0. The zero-order valence-corrected chi connectivity index (χ0v) is 10.3. The Hall–Kier alpha value is -2.09. The van der Waals surface area contributed by atoms with E-state index in [0.29, 0.717) is 13.2 Å². The van der Waals surface area contributed by atoms with Gasteiger partial charge in [0, 0.05) is 32.3 Å². The molecule has 1 aliphatic heterocycles. The molecule has 2 amide bonds. The minimum atomic E-state index is -1.24. The summed E-state index contributed by atoms with van der Waals surface area (Å²) in [4.78, 5) is 29.7. The number of hydrogen-bond donors (Lipinski definition) is 4. The molecular weight excluding hydrogens is 252 g/mol. The Morgan fingerprint density at radius 3 is 2.79 bits per heavy atom. The molecular formula is C11H16N4O4. The van der Waals surface area contributed by atoms with E-state index in [1.54, 1.807) is 6.20 Å². The summed E-state index contributed by atoms with van der Waals surface area (Å²) in [6, 6.07) is -0.515. The number of carboxylic acids is 1. The van der Waals surface area contributed by atoms with E-state index in [1.165, 1.54) is 6.33 Å². The first-order chi connectivity index (χ1) is 9.12. The van der Waals surface area contributed by atoms with Crippen molar-refractivity contribution in [3.8, 4) is 0 Å². The van der Waals surface area contributed by atoms with E-state index in [0.717, 1.165) is 5.69 Å². The molecule has 0 spiro atoms. The predicted octanol–water partition coefficient (Wildman–Crippen LogP) is -0.157. The Labute approximate surface area is 109 Å². The van der Waals surface area contributed by atoms with Gasteiger partial charge in [0.25, 0.3) is 0 Å². The van der Waals surface area contributed by atoms with Crippen LogP contribution in [0.1, 0.15) is 18.5 Å². The minimum absolute atomic E-state index is 0.262. The van der Waals surface area contributed by atoms with Crippen molar-refractivity contribution in [2.45, 2.75) is 24.9 Å². The zero-order valence-electron chi connectivity index (χ0n) is 10.3. The van der Waals surface area contributed by atoms with Crippen LogP contribution >= 0.6 is 0 Å². The van der Waals surface area contributed by atoms with Gasteiger partial charge in [-0.3, -0.25) is 0 Å². The Kier molecular flexibility index (Phi) is 4.00. The van der Waals surface area contributed by atoms with Crippen molar-refractivity contribution in [3.05, 3.63) is 18.2 Å². The van der Waals surface area contributed by atoms with Crippen LogP contribution in [-0.2, 0) is 16.1 Å². The normalized spacial score (nSPS) is 17.7. The smallest absolute Gasteiger partial charge is 0.329 e. The number of hydrogen-bond acceptors (Lipinski definition) is 4. The maximum atomic E-state index is 11.8. The summed E-state index contributed by atoms with van der Waals surface area (Å²) in [5.41, 5.74) is -0.498. The highest BCUT2D eigenvalue weighted by atomic mass is 16.5. The number of carbonyl (C=O) groups is 2. The van der Waals surface area contributed by atoms with Crippen LogP contribution < -0.4 is 10.6 Å². The predicted molar refractivity (Wildman–Crippen MR) is 64.4 cm³/mol. The van der Waals surface area contributed by atoms with E-state index in [-0.39, 0.29) is 19.4 Å². The molecule has 0 unspecified atom stereocenters. The molecule has 1 aliphatic rings. The molecule has 8 nitrogen and oxygen atoms in total. The van der Waals surface area contributed by atoms with Gasteiger partial charge >= 0.3 is 12.0 Å². The highest BCUT2D eigenvalue weighted by Crippen LogP contribution is 2.20. The van der Waals surface area contributed by atoms with Gasteiger partial charge in [0.15, 0.2) is 0 Å². The Morgan fingerprint density at radius 2 is 2.21 bits per heavy atom. The van der Waals surface area contributed by atoms with Gasteiger partial charge < -0.3 is 25.5 Å². The lowest BCUT2D eigenvalue weighted by Crippen LogP contribution is -2.59. The number of urea groups is 1. The molecule has 0 aromatic carbocycles. The first-order valence-corrected chi connectivity index (χ1v) is 5.97. The molecule has 0 saturated carbocycles. The average molecular weight is 268 g/mol. The van der Waals surface area contributed by atoms with Crippen LogP contribution in [0.25, 0.3) is 0 Å². The Balaban J connectivity index is 1.90. The number of carboxylic acid groups (broad SMARTS) is 1. The van der Waals surface area contributed by atoms with E-state index in [9.17, 15) is 14.7 Å². The number of imidazole rings is 1. The second-order valence-electron chi connectivity index (χ2n) is 4.38. The lowest BCUT2D eigenvalue weighted by Gasteiger charge is -2.33. The van der Waals surface area contributed by atoms with Gasteiger partial charge in [-0.15, -0.1) is 0 Å². The topological polar surface area (TPSA) is 116 Å². The Bertz CT molecular complexity index is 440. The number of nitrogens with zero attached hydrogens (tertiary/aromatic N) is 1. The van der Waals surface area contributed by atoms with E-state index in [1.807, 2.05) is 0 Å². The number of aromatic nitrogens is 2.